The second-order valence-electron chi connectivity index (χ2n) is 6.14. The quantitative estimate of drug-likeness (QED) is 0.894. The molecule has 0 aliphatic carbocycles. The molecule has 0 saturated carbocycles. The van der Waals surface area contributed by atoms with Gasteiger partial charge >= 0.3 is 5.97 Å². The van der Waals surface area contributed by atoms with Crippen LogP contribution in [0.2, 0.25) is 0 Å². The molecule has 0 radical (unpaired) electrons. The standard InChI is InChI=1S/C17H21N3O3/c1-11-7-12(2)20(18-11)15-6-4-3-5-13(15)9-19-10-14(21)8-16(19)17(22)23/h3-7,14,16,21H,8-10H2,1-2H3,(H,22,23)/t14-,16+/m1/s1. The van der Waals surface area contributed by atoms with Gasteiger partial charge in [0.2, 0.25) is 0 Å². The van der Waals surface area contributed by atoms with Crippen molar-refractivity contribution in [2.75, 3.05) is 6.54 Å². The Morgan fingerprint density at radius 3 is 2.74 bits per heavy atom. The number of hydrogen-bond acceptors (Lipinski definition) is 4. The molecule has 2 aromatic rings. The number of rotatable bonds is 4. The molecule has 0 spiro atoms. The summed E-state index contributed by atoms with van der Waals surface area (Å²) < 4.78 is 1.88. The van der Waals surface area contributed by atoms with Crippen LogP contribution < -0.4 is 0 Å². The first-order valence-corrected chi connectivity index (χ1v) is 7.72. The molecule has 1 aliphatic heterocycles. The third-order valence-electron chi connectivity index (χ3n) is 4.27. The Hall–Kier alpha value is -2.18. The van der Waals surface area contributed by atoms with Crippen molar-refractivity contribution in [3.63, 3.8) is 0 Å². The molecule has 2 heterocycles. The number of hydrogen-bond donors (Lipinski definition) is 2. The first-order chi connectivity index (χ1) is 11.0. The molecule has 6 nitrogen and oxygen atoms in total. The normalized spacial score (nSPS) is 21.7. The van der Waals surface area contributed by atoms with Crippen LogP contribution in [0.3, 0.4) is 0 Å². The number of carbonyl (C=O) groups is 1. The number of carboxylic acid groups (broad SMARTS) is 1. The number of carboxylic acids is 1. The molecule has 1 aromatic carbocycles. The fraction of sp³-hybridized carbons (Fsp3) is 0.412. The average molecular weight is 315 g/mol. The first kappa shape index (κ1) is 15.7. The van der Waals surface area contributed by atoms with Gasteiger partial charge in [0.25, 0.3) is 0 Å². The van der Waals surface area contributed by atoms with Gasteiger partial charge in [0.15, 0.2) is 0 Å². The van der Waals surface area contributed by atoms with Gasteiger partial charge in [-0.25, -0.2) is 4.68 Å². The second kappa shape index (κ2) is 6.14. The smallest absolute Gasteiger partial charge is 0.321 e. The zero-order chi connectivity index (χ0) is 16.6. The van der Waals surface area contributed by atoms with Gasteiger partial charge in [0, 0.05) is 25.2 Å². The van der Waals surface area contributed by atoms with Gasteiger partial charge in [-0.15, -0.1) is 0 Å². The Kier molecular flexibility index (Phi) is 4.19. The van der Waals surface area contributed by atoms with E-state index in [1.807, 2.05) is 53.8 Å². The Labute approximate surface area is 135 Å². The summed E-state index contributed by atoms with van der Waals surface area (Å²) in [5.74, 6) is -0.884. The van der Waals surface area contributed by atoms with Gasteiger partial charge in [-0.05, 0) is 31.5 Å². The third kappa shape index (κ3) is 3.13. The van der Waals surface area contributed by atoms with Crippen LogP contribution in [0.25, 0.3) is 5.69 Å². The van der Waals surface area contributed by atoms with Crippen LogP contribution in [0.1, 0.15) is 23.4 Å². The zero-order valence-corrected chi connectivity index (χ0v) is 13.3. The Bertz CT molecular complexity index is 726. The maximum Gasteiger partial charge on any atom is 0.321 e. The van der Waals surface area contributed by atoms with Crippen LogP contribution in [0, 0.1) is 13.8 Å². The Morgan fingerprint density at radius 2 is 2.09 bits per heavy atom. The summed E-state index contributed by atoms with van der Waals surface area (Å²) in [5.41, 5.74) is 3.92. The number of aliphatic hydroxyl groups is 1. The van der Waals surface area contributed by atoms with Crippen LogP contribution >= 0.6 is 0 Å². The Balaban J connectivity index is 1.92. The topological polar surface area (TPSA) is 78.6 Å². The molecule has 1 aliphatic rings. The number of aromatic nitrogens is 2. The number of benzene rings is 1. The van der Waals surface area contributed by atoms with Gasteiger partial charge in [0.05, 0.1) is 17.5 Å². The predicted octanol–water partition coefficient (Wildman–Crippen LogP) is 1.51. The van der Waals surface area contributed by atoms with E-state index < -0.39 is 18.1 Å². The number of aliphatic hydroxyl groups excluding tert-OH is 1. The summed E-state index contributed by atoms with van der Waals surface area (Å²) in [6, 6.07) is 9.22. The van der Waals surface area contributed by atoms with Gasteiger partial charge in [0.1, 0.15) is 6.04 Å². The molecule has 6 heteroatoms. The van der Waals surface area contributed by atoms with Crippen molar-refractivity contribution in [2.24, 2.45) is 0 Å². The summed E-state index contributed by atoms with van der Waals surface area (Å²) in [6.45, 7) is 4.80. The minimum Gasteiger partial charge on any atom is -0.480 e. The van der Waals surface area contributed by atoms with E-state index >= 15 is 0 Å². The van der Waals surface area contributed by atoms with E-state index in [0.29, 0.717) is 13.1 Å². The molecule has 1 fully saturated rings. The number of aliphatic carboxylic acids is 1. The molecular weight excluding hydrogens is 294 g/mol. The van der Waals surface area contributed by atoms with E-state index in [9.17, 15) is 15.0 Å². The molecule has 2 N–H and O–H groups in total. The van der Waals surface area contributed by atoms with E-state index in [-0.39, 0.29) is 6.42 Å². The second-order valence-corrected chi connectivity index (χ2v) is 6.14. The van der Waals surface area contributed by atoms with Crippen molar-refractivity contribution in [3.8, 4) is 5.69 Å². The molecule has 0 bridgehead atoms. The molecule has 1 saturated heterocycles. The number of likely N-dealkylation sites (tertiary alicyclic amines) is 1. The van der Waals surface area contributed by atoms with Crippen LogP contribution in [0.15, 0.2) is 30.3 Å². The SMILES string of the molecule is Cc1cc(C)n(-c2ccccc2CN2C[C@H](O)C[C@H]2C(=O)O)n1. The van der Waals surface area contributed by atoms with Crippen LogP contribution in [-0.4, -0.2) is 49.6 Å². The summed E-state index contributed by atoms with van der Waals surface area (Å²) in [5, 5.41) is 23.7. The van der Waals surface area contributed by atoms with Crippen molar-refractivity contribution in [1.29, 1.82) is 0 Å². The lowest BCUT2D eigenvalue weighted by molar-refractivity contribution is -0.142. The highest BCUT2D eigenvalue weighted by Gasteiger charge is 2.36. The number of nitrogens with zero attached hydrogens (tertiary/aromatic N) is 3. The molecule has 0 amide bonds. The highest BCUT2D eigenvalue weighted by Crippen LogP contribution is 2.24. The highest BCUT2D eigenvalue weighted by atomic mass is 16.4. The van der Waals surface area contributed by atoms with Crippen LogP contribution in [0.5, 0.6) is 0 Å². The van der Waals surface area contributed by atoms with Crippen molar-refractivity contribution in [1.82, 2.24) is 14.7 Å². The molecule has 23 heavy (non-hydrogen) atoms. The minimum absolute atomic E-state index is 0.275. The number of para-hydroxylation sites is 1. The van der Waals surface area contributed by atoms with Gasteiger partial charge < -0.3 is 10.2 Å². The number of aryl methyl sites for hydroxylation is 2. The van der Waals surface area contributed by atoms with Crippen molar-refractivity contribution >= 4 is 5.97 Å². The highest BCUT2D eigenvalue weighted by molar-refractivity contribution is 5.74. The van der Waals surface area contributed by atoms with Gasteiger partial charge in [-0.2, -0.15) is 5.10 Å². The maximum absolute atomic E-state index is 11.4. The summed E-state index contributed by atoms with van der Waals surface area (Å²) in [6.07, 6.45) is -0.311. The van der Waals surface area contributed by atoms with E-state index in [1.165, 1.54) is 0 Å². The van der Waals surface area contributed by atoms with Crippen LogP contribution in [0.4, 0.5) is 0 Å². The molecule has 1 aromatic heterocycles. The van der Waals surface area contributed by atoms with Gasteiger partial charge in [-0.3, -0.25) is 9.69 Å². The van der Waals surface area contributed by atoms with Crippen LogP contribution in [-0.2, 0) is 11.3 Å². The van der Waals surface area contributed by atoms with Gasteiger partial charge in [-0.1, -0.05) is 18.2 Å². The Morgan fingerprint density at radius 1 is 1.35 bits per heavy atom. The largest absolute Gasteiger partial charge is 0.480 e. The summed E-state index contributed by atoms with van der Waals surface area (Å²) >= 11 is 0. The van der Waals surface area contributed by atoms with Crippen molar-refractivity contribution in [2.45, 2.75) is 39.0 Å². The molecular formula is C17H21N3O3. The fourth-order valence-electron chi connectivity index (χ4n) is 3.25. The predicted molar refractivity (Wildman–Crippen MR) is 85.5 cm³/mol. The molecule has 3 rings (SSSR count). The molecule has 122 valence electrons. The number of β-amino-alcohol motifs (C(OH)–C–C–N with tert-alkyl or cyclic N) is 1. The lowest BCUT2D eigenvalue weighted by Crippen LogP contribution is -2.35. The molecule has 0 unspecified atom stereocenters. The van der Waals surface area contributed by atoms with E-state index in [4.69, 9.17) is 0 Å². The van der Waals surface area contributed by atoms with E-state index in [1.54, 1.807) is 0 Å². The average Bonchev–Trinajstić information content (AvgIpc) is 3.02. The van der Waals surface area contributed by atoms with Crippen molar-refractivity contribution < 1.29 is 15.0 Å². The lowest BCUT2D eigenvalue weighted by atomic mass is 10.1. The maximum atomic E-state index is 11.4. The lowest BCUT2D eigenvalue weighted by Gasteiger charge is -2.22. The first-order valence-electron chi connectivity index (χ1n) is 7.72. The minimum atomic E-state index is -0.884. The van der Waals surface area contributed by atoms with E-state index in [0.717, 1.165) is 22.6 Å². The summed E-state index contributed by atoms with van der Waals surface area (Å²) in [7, 11) is 0. The molecule has 2 atom stereocenters. The summed E-state index contributed by atoms with van der Waals surface area (Å²) in [4.78, 5) is 13.2. The monoisotopic (exact) mass is 315 g/mol. The fourth-order valence-corrected chi connectivity index (χ4v) is 3.25. The zero-order valence-electron chi connectivity index (χ0n) is 13.3. The third-order valence-corrected chi connectivity index (χ3v) is 4.27. The van der Waals surface area contributed by atoms with E-state index in [2.05, 4.69) is 5.10 Å². The van der Waals surface area contributed by atoms with Crippen molar-refractivity contribution in [3.05, 3.63) is 47.3 Å².